The Balaban J connectivity index is 2.03. The normalized spacial score (nSPS) is 17.1. The molecule has 1 heterocycles. The van der Waals surface area contributed by atoms with Gasteiger partial charge in [0.15, 0.2) is 9.84 Å². The molecule has 0 aliphatic heterocycles. The monoisotopic (exact) mass is 296 g/mol. The highest BCUT2D eigenvalue weighted by atomic mass is 32.2. The lowest BCUT2D eigenvalue weighted by Crippen LogP contribution is -2.24. The van der Waals surface area contributed by atoms with Crippen molar-refractivity contribution in [1.82, 2.24) is 4.98 Å². The van der Waals surface area contributed by atoms with Gasteiger partial charge in [-0.25, -0.2) is 13.4 Å². The van der Waals surface area contributed by atoms with E-state index in [4.69, 9.17) is 0 Å². The number of anilines is 1. The number of hydrogen-bond donors (Lipinski definition) is 0. The van der Waals surface area contributed by atoms with Gasteiger partial charge < -0.3 is 4.90 Å². The SMILES string of the molecule is CN(CCC1CCCCC1)c1ncccc1S(C)(=O)=O. The molecule has 112 valence electrons. The molecule has 1 aliphatic carbocycles. The predicted octanol–water partition coefficient (Wildman–Crippen LogP) is 2.89. The minimum absolute atomic E-state index is 0.325. The van der Waals surface area contributed by atoms with Crippen molar-refractivity contribution in [3.8, 4) is 0 Å². The number of rotatable bonds is 5. The Hall–Kier alpha value is -1.10. The van der Waals surface area contributed by atoms with Crippen LogP contribution in [-0.2, 0) is 9.84 Å². The van der Waals surface area contributed by atoms with Crippen LogP contribution in [0.2, 0.25) is 0 Å². The molecule has 1 aliphatic rings. The van der Waals surface area contributed by atoms with Crippen LogP contribution in [0, 0.1) is 5.92 Å². The average molecular weight is 296 g/mol. The maximum atomic E-state index is 11.8. The standard InChI is InChI=1S/C15H24N2O2S/c1-17(12-10-13-7-4-3-5-8-13)15-14(20(2,18)19)9-6-11-16-15/h6,9,11,13H,3-5,7-8,10,12H2,1-2H3. The third-order valence-corrected chi connectivity index (χ3v) is 5.23. The van der Waals surface area contributed by atoms with Crippen molar-refractivity contribution in [2.75, 3.05) is 24.7 Å². The first-order valence-corrected chi connectivity index (χ1v) is 9.24. The summed E-state index contributed by atoms with van der Waals surface area (Å²) in [6.45, 7) is 0.865. The van der Waals surface area contributed by atoms with Crippen molar-refractivity contribution in [3.05, 3.63) is 18.3 Å². The Kier molecular flexibility index (Phi) is 5.02. The molecule has 1 saturated carbocycles. The molecule has 20 heavy (non-hydrogen) atoms. The lowest BCUT2D eigenvalue weighted by molar-refractivity contribution is 0.341. The lowest BCUT2D eigenvalue weighted by Gasteiger charge is -2.26. The van der Waals surface area contributed by atoms with Crippen molar-refractivity contribution < 1.29 is 8.42 Å². The molecule has 2 rings (SSSR count). The zero-order valence-corrected chi connectivity index (χ0v) is 13.2. The van der Waals surface area contributed by atoms with Crippen LogP contribution in [0.15, 0.2) is 23.2 Å². The topological polar surface area (TPSA) is 50.3 Å². The summed E-state index contributed by atoms with van der Waals surface area (Å²) in [6, 6.07) is 3.31. The third-order valence-electron chi connectivity index (χ3n) is 4.11. The zero-order chi connectivity index (χ0) is 14.6. The molecule has 1 aromatic rings. The number of hydrogen-bond acceptors (Lipinski definition) is 4. The van der Waals surface area contributed by atoms with Gasteiger partial charge in [0.2, 0.25) is 0 Å². The Morgan fingerprint density at radius 2 is 2.00 bits per heavy atom. The summed E-state index contributed by atoms with van der Waals surface area (Å²) >= 11 is 0. The van der Waals surface area contributed by atoms with Gasteiger partial charge in [0.25, 0.3) is 0 Å². The van der Waals surface area contributed by atoms with E-state index in [2.05, 4.69) is 4.98 Å². The highest BCUT2D eigenvalue weighted by Gasteiger charge is 2.19. The number of aromatic nitrogens is 1. The Labute approximate surface area is 122 Å². The molecule has 5 heteroatoms. The molecule has 1 fully saturated rings. The second-order valence-corrected chi connectivity index (χ2v) is 7.80. The minimum atomic E-state index is -3.23. The molecule has 0 N–H and O–H groups in total. The molecule has 0 amide bonds. The van der Waals surface area contributed by atoms with Gasteiger partial charge in [-0.2, -0.15) is 0 Å². The number of sulfone groups is 1. The van der Waals surface area contributed by atoms with E-state index in [1.54, 1.807) is 18.3 Å². The van der Waals surface area contributed by atoms with E-state index in [0.29, 0.717) is 10.7 Å². The molecule has 4 nitrogen and oxygen atoms in total. The van der Waals surface area contributed by atoms with E-state index >= 15 is 0 Å². The average Bonchev–Trinajstić information content (AvgIpc) is 2.45. The van der Waals surface area contributed by atoms with Gasteiger partial charge in [-0.05, 0) is 24.5 Å². The van der Waals surface area contributed by atoms with Crippen LogP contribution in [0.1, 0.15) is 38.5 Å². The van der Waals surface area contributed by atoms with E-state index < -0.39 is 9.84 Å². The fourth-order valence-electron chi connectivity index (χ4n) is 2.92. The maximum Gasteiger partial charge on any atom is 0.179 e. The van der Waals surface area contributed by atoms with E-state index in [-0.39, 0.29) is 0 Å². The van der Waals surface area contributed by atoms with Crippen LogP contribution in [0.3, 0.4) is 0 Å². The first-order valence-electron chi connectivity index (χ1n) is 7.34. The molecule has 1 aromatic heterocycles. The van der Waals surface area contributed by atoms with Gasteiger partial charge in [0.05, 0.1) is 0 Å². The summed E-state index contributed by atoms with van der Waals surface area (Å²) < 4.78 is 23.6. The van der Waals surface area contributed by atoms with E-state index in [1.807, 2.05) is 11.9 Å². The molecule has 0 spiro atoms. The minimum Gasteiger partial charge on any atom is -0.359 e. The molecular formula is C15H24N2O2S. The molecule has 0 saturated heterocycles. The summed E-state index contributed by atoms with van der Waals surface area (Å²) in [5.74, 6) is 1.36. The van der Waals surface area contributed by atoms with E-state index in [9.17, 15) is 8.42 Å². The van der Waals surface area contributed by atoms with Gasteiger partial charge >= 0.3 is 0 Å². The first-order chi connectivity index (χ1) is 9.48. The fourth-order valence-corrected chi connectivity index (χ4v) is 3.78. The number of nitrogens with zero attached hydrogens (tertiary/aromatic N) is 2. The van der Waals surface area contributed by atoms with E-state index in [0.717, 1.165) is 18.9 Å². The van der Waals surface area contributed by atoms with Crippen molar-refractivity contribution in [3.63, 3.8) is 0 Å². The van der Waals surface area contributed by atoms with Gasteiger partial charge in [-0.15, -0.1) is 0 Å². The van der Waals surface area contributed by atoms with Crippen LogP contribution in [0.25, 0.3) is 0 Å². The van der Waals surface area contributed by atoms with Crippen molar-refractivity contribution in [2.24, 2.45) is 5.92 Å². The first kappa shape index (κ1) is 15.3. The van der Waals surface area contributed by atoms with E-state index in [1.165, 1.54) is 38.4 Å². The highest BCUT2D eigenvalue weighted by Crippen LogP contribution is 2.27. The van der Waals surface area contributed by atoms with Crippen LogP contribution in [0.4, 0.5) is 5.82 Å². The Morgan fingerprint density at radius 1 is 1.30 bits per heavy atom. The van der Waals surface area contributed by atoms with Gasteiger partial charge in [-0.3, -0.25) is 0 Å². The molecule has 0 radical (unpaired) electrons. The molecule has 0 bridgehead atoms. The Morgan fingerprint density at radius 3 is 2.65 bits per heavy atom. The quantitative estimate of drug-likeness (QED) is 0.838. The summed E-state index contributed by atoms with van der Waals surface area (Å²) in [4.78, 5) is 6.56. The van der Waals surface area contributed by atoms with Crippen LogP contribution in [-0.4, -0.2) is 33.2 Å². The third kappa shape index (κ3) is 3.95. The van der Waals surface area contributed by atoms with Gasteiger partial charge in [0, 0.05) is 26.0 Å². The predicted molar refractivity (Wildman–Crippen MR) is 81.8 cm³/mol. The second-order valence-electron chi connectivity index (χ2n) is 5.81. The van der Waals surface area contributed by atoms with Crippen molar-refractivity contribution >= 4 is 15.7 Å². The zero-order valence-electron chi connectivity index (χ0n) is 12.4. The molecule has 0 unspecified atom stereocenters. The fraction of sp³-hybridized carbons (Fsp3) is 0.667. The summed E-state index contributed by atoms with van der Waals surface area (Å²) in [5, 5.41) is 0. The summed E-state index contributed by atoms with van der Waals surface area (Å²) in [6.07, 6.45) is 10.7. The van der Waals surface area contributed by atoms with Crippen molar-refractivity contribution in [1.29, 1.82) is 0 Å². The van der Waals surface area contributed by atoms with Crippen LogP contribution >= 0.6 is 0 Å². The smallest absolute Gasteiger partial charge is 0.179 e. The van der Waals surface area contributed by atoms with Crippen LogP contribution in [0.5, 0.6) is 0 Å². The maximum absolute atomic E-state index is 11.8. The van der Waals surface area contributed by atoms with Gasteiger partial charge in [-0.1, -0.05) is 32.1 Å². The van der Waals surface area contributed by atoms with Gasteiger partial charge in [0.1, 0.15) is 10.7 Å². The molecule has 0 atom stereocenters. The van der Waals surface area contributed by atoms with Crippen molar-refractivity contribution in [2.45, 2.75) is 43.4 Å². The molecule has 0 aromatic carbocycles. The van der Waals surface area contributed by atoms with Crippen LogP contribution < -0.4 is 4.90 Å². The highest BCUT2D eigenvalue weighted by molar-refractivity contribution is 7.90. The largest absolute Gasteiger partial charge is 0.359 e. The Bertz CT molecular complexity index is 537. The lowest BCUT2D eigenvalue weighted by atomic mass is 9.87. The number of pyridine rings is 1. The summed E-state index contributed by atoms with van der Waals surface area (Å²) in [5.41, 5.74) is 0. The molecular weight excluding hydrogens is 272 g/mol. The summed E-state index contributed by atoms with van der Waals surface area (Å²) in [7, 11) is -1.30. The second kappa shape index (κ2) is 6.57.